The van der Waals surface area contributed by atoms with Crippen LogP contribution in [0.15, 0.2) is 66.3 Å². The quantitative estimate of drug-likeness (QED) is 0.415. The molecule has 156 valence electrons. The van der Waals surface area contributed by atoms with Crippen LogP contribution >= 0.6 is 11.8 Å². The van der Waals surface area contributed by atoms with E-state index in [2.05, 4.69) is 22.1 Å². The minimum Gasteiger partial charge on any atom is -0.349 e. The fraction of sp³-hybridized carbons (Fsp3) is 0.227. The fourth-order valence-corrected chi connectivity index (χ4v) is 3.76. The number of rotatable bonds is 8. The first-order valence-corrected chi connectivity index (χ1v) is 10.3. The molecule has 0 aliphatic heterocycles. The lowest BCUT2D eigenvalue weighted by Crippen LogP contribution is -2.33. The van der Waals surface area contributed by atoms with E-state index in [1.807, 2.05) is 6.92 Å². The average Bonchev–Trinajstić information content (AvgIpc) is 3.11. The number of benzene rings is 2. The van der Waals surface area contributed by atoms with Gasteiger partial charge in [-0.05, 0) is 43.7 Å². The zero-order valence-corrected chi connectivity index (χ0v) is 17.5. The summed E-state index contributed by atoms with van der Waals surface area (Å²) in [6.07, 6.45) is 1.67. The molecule has 2 atom stereocenters. The van der Waals surface area contributed by atoms with Crippen LogP contribution in [0.25, 0.3) is 11.4 Å². The van der Waals surface area contributed by atoms with Crippen LogP contribution in [0.3, 0.4) is 0 Å². The van der Waals surface area contributed by atoms with E-state index in [1.165, 1.54) is 30.0 Å². The van der Waals surface area contributed by atoms with Gasteiger partial charge < -0.3 is 5.32 Å². The van der Waals surface area contributed by atoms with E-state index in [4.69, 9.17) is 0 Å². The Balaban J connectivity index is 1.75. The van der Waals surface area contributed by atoms with E-state index in [-0.39, 0.29) is 17.8 Å². The summed E-state index contributed by atoms with van der Waals surface area (Å²) in [5.41, 5.74) is 1.14. The highest BCUT2D eigenvalue weighted by atomic mass is 32.2. The van der Waals surface area contributed by atoms with Crippen LogP contribution in [0.4, 0.5) is 8.78 Å². The standard InChI is InChI=1S/C22H22F2N4OS/c1-4-13-28-20(18-7-5-6-8-19(18)24)26-27-22(28)30-15(3)21(29)25-14(2)16-9-11-17(23)12-10-16/h4-12,14-15H,1,13H2,2-3H3,(H,25,29). The molecule has 0 aliphatic rings. The van der Waals surface area contributed by atoms with Gasteiger partial charge in [0.25, 0.3) is 0 Å². The van der Waals surface area contributed by atoms with Gasteiger partial charge in [-0.1, -0.05) is 42.1 Å². The van der Waals surface area contributed by atoms with Gasteiger partial charge >= 0.3 is 0 Å². The van der Waals surface area contributed by atoms with Gasteiger partial charge in [-0.15, -0.1) is 16.8 Å². The largest absolute Gasteiger partial charge is 0.349 e. The van der Waals surface area contributed by atoms with E-state index in [0.29, 0.717) is 23.1 Å². The Hall–Kier alpha value is -3.00. The van der Waals surface area contributed by atoms with Crippen molar-refractivity contribution in [2.45, 2.75) is 36.8 Å². The van der Waals surface area contributed by atoms with Crippen molar-refractivity contribution in [3.05, 3.63) is 78.4 Å². The predicted octanol–water partition coefficient (Wildman–Crippen LogP) is 4.77. The van der Waals surface area contributed by atoms with Crippen molar-refractivity contribution in [1.82, 2.24) is 20.1 Å². The molecular weight excluding hydrogens is 406 g/mol. The van der Waals surface area contributed by atoms with Crippen molar-refractivity contribution in [2.24, 2.45) is 0 Å². The summed E-state index contributed by atoms with van der Waals surface area (Å²) in [6, 6.07) is 12.1. The van der Waals surface area contributed by atoms with Crippen molar-refractivity contribution < 1.29 is 13.6 Å². The zero-order valence-electron chi connectivity index (χ0n) is 16.7. The highest BCUT2D eigenvalue weighted by Gasteiger charge is 2.22. The lowest BCUT2D eigenvalue weighted by atomic mass is 10.1. The van der Waals surface area contributed by atoms with Gasteiger partial charge in [0.05, 0.1) is 16.9 Å². The summed E-state index contributed by atoms with van der Waals surface area (Å²) < 4.78 is 29.0. The Morgan fingerprint density at radius 3 is 2.53 bits per heavy atom. The molecule has 2 aromatic carbocycles. The second-order valence-corrected chi connectivity index (χ2v) is 8.04. The molecule has 8 heteroatoms. The Kier molecular flexibility index (Phi) is 6.99. The molecule has 1 amide bonds. The number of aromatic nitrogens is 3. The molecule has 3 rings (SSSR count). The van der Waals surface area contributed by atoms with Crippen molar-refractivity contribution in [1.29, 1.82) is 0 Å². The summed E-state index contributed by atoms with van der Waals surface area (Å²) in [5, 5.41) is 11.2. The third-order valence-electron chi connectivity index (χ3n) is 4.52. The summed E-state index contributed by atoms with van der Waals surface area (Å²) in [4.78, 5) is 12.7. The van der Waals surface area contributed by atoms with Crippen molar-refractivity contribution in [3.8, 4) is 11.4 Å². The lowest BCUT2D eigenvalue weighted by molar-refractivity contribution is -0.120. The van der Waals surface area contributed by atoms with E-state index in [9.17, 15) is 13.6 Å². The number of hydrogen-bond donors (Lipinski definition) is 1. The highest BCUT2D eigenvalue weighted by molar-refractivity contribution is 8.00. The summed E-state index contributed by atoms with van der Waals surface area (Å²) in [5.74, 6) is -0.542. The third kappa shape index (κ3) is 4.94. The number of halogens is 2. The minimum absolute atomic E-state index is 0.197. The van der Waals surface area contributed by atoms with Crippen LogP contribution < -0.4 is 5.32 Å². The molecule has 0 spiro atoms. The first-order valence-electron chi connectivity index (χ1n) is 9.42. The molecule has 0 bridgehead atoms. The smallest absolute Gasteiger partial charge is 0.233 e. The Labute approximate surface area is 178 Å². The molecular formula is C22H22F2N4OS. The SMILES string of the molecule is C=CCn1c(SC(C)C(=O)NC(C)c2ccc(F)cc2)nnc1-c1ccccc1F. The number of hydrogen-bond acceptors (Lipinski definition) is 4. The molecule has 1 aromatic heterocycles. The molecule has 2 unspecified atom stereocenters. The Bertz CT molecular complexity index is 1040. The van der Waals surface area contributed by atoms with Crippen LogP contribution in [0.1, 0.15) is 25.5 Å². The van der Waals surface area contributed by atoms with E-state index in [0.717, 1.165) is 5.56 Å². The Morgan fingerprint density at radius 2 is 1.87 bits per heavy atom. The van der Waals surface area contributed by atoms with Crippen LogP contribution in [0, 0.1) is 11.6 Å². The van der Waals surface area contributed by atoms with Crippen molar-refractivity contribution in [3.63, 3.8) is 0 Å². The van der Waals surface area contributed by atoms with Crippen LogP contribution in [-0.4, -0.2) is 25.9 Å². The van der Waals surface area contributed by atoms with Crippen LogP contribution in [-0.2, 0) is 11.3 Å². The van der Waals surface area contributed by atoms with Gasteiger partial charge in [0, 0.05) is 6.54 Å². The summed E-state index contributed by atoms with van der Waals surface area (Å²) in [7, 11) is 0. The molecule has 0 radical (unpaired) electrons. The monoisotopic (exact) mass is 428 g/mol. The third-order valence-corrected chi connectivity index (χ3v) is 5.60. The summed E-state index contributed by atoms with van der Waals surface area (Å²) in [6.45, 7) is 7.71. The summed E-state index contributed by atoms with van der Waals surface area (Å²) >= 11 is 1.23. The first kappa shape index (κ1) is 21.7. The maximum absolute atomic E-state index is 14.2. The van der Waals surface area contributed by atoms with Crippen molar-refractivity contribution >= 4 is 17.7 Å². The number of thioether (sulfide) groups is 1. The second kappa shape index (κ2) is 9.67. The fourth-order valence-electron chi connectivity index (χ4n) is 2.89. The van der Waals surface area contributed by atoms with Gasteiger partial charge in [-0.25, -0.2) is 8.78 Å². The number of allylic oxidation sites excluding steroid dienone is 1. The molecule has 0 aliphatic carbocycles. The second-order valence-electron chi connectivity index (χ2n) is 6.73. The van der Waals surface area contributed by atoms with Crippen LogP contribution in [0.5, 0.6) is 0 Å². The average molecular weight is 429 g/mol. The van der Waals surface area contributed by atoms with Gasteiger partial charge in [-0.2, -0.15) is 0 Å². The number of carbonyl (C=O) groups is 1. The van der Waals surface area contributed by atoms with E-state index < -0.39 is 11.1 Å². The van der Waals surface area contributed by atoms with Crippen LogP contribution in [0.2, 0.25) is 0 Å². The molecule has 0 saturated carbocycles. The van der Waals surface area contributed by atoms with Gasteiger partial charge in [0.15, 0.2) is 11.0 Å². The van der Waals surface area contributed by atoms with Gasteiger partial charge in [0.1, 0.15) is 11.6 Å². The van der Waals surface area contributed by atoms with Crippen molar-refractivity contribution in [2.75, 3.05) is 0 Å². The van der Waals surface area contributed by atoms with Gasteiger partial charge in [0.2, 0.25) is 5.91 Å². The number of carbonyl (C=O) groups excluding carboxylic acids is 1. The molecule has 1 heterocycles. The lowest BCUT2D eigenvalue weighted by Gasteiger charge is -2.18. The minimum atomic E-state index is -0.478. The van der Waals surface area contributed by atoms with E-state index in [1.54, 1.807) is 47.9 Å². The number of nitrogens with zero attached hydrogens (tertiary/aromatic N) is 3. The predicted molar refractivity (Wildman–Crippen MR) is 114 cm³/mol. The zero-order chi connectivity index (χ0) is 21.7. The molecule has 0 saturated heterocycles. The molecule has 5 nitrogen and oxygen atoms in total. The Morgan fingerprint density at radius 1 is 1.17 bits per heavy atom. The highest BCUT2D eigenvalue weighted by Crippen LogP contribution is 2.28. The van der Waals surface area contributed by atoms with E-state index >= 15 is 0 Å². The molecule has 30 heavy (non-hydrogen) atoms. The normalized spacial score (nSPS) is 12.9. The van der Waals surface area contributed by atoms with Gasteiger partial charge in [-0.3, -0.25) is 9.36 Å². The topological polar surface area (TPSA) is 59.8 Å². The molecule has 1 N–H and O–H groups in total. The number of amides is 1. The maximum atomic E-state index is 14.2. The molecule has 0 fully saturated rings. The maximum Gasteiger partial charge on any atom is 0.233 e. The molecule has 3 aromatic rings. The number of nitrogens with one attached hydrogen (secondary N) is 1. The first-order chi connectivity index (χ1) is 14.4.